The summed E-state index contributed by atoms with van der Waals surface area (Å²) in [5, 5.41) is 0. The van der Waals surface area contributed by atoms with E-state index < -0.39 is 0 Å². The third kappa shape index (κ3) is 4.75. The second-order valence-corrected chi connectivity index (χ2v) is 12.7. The Morgan fingerprint density at radius 1 is 0.500 bits per heavy atom. The fraction of sp³-hybridized carbons (Fsp3) is 0.0833. The SMILES string of the molecule is CC1(C)c2cc(Br)ccc2N(c2ccc(-c3nc(-c4ccccc4)nc(-c4ccccc4)n3)cc2)c2ccc(Br)cc21. The van der Waals surface area contributed by atoms with Gasteiger partial charge in [0.2, 0.25) is 0 Å². The monoisotopic (exact) mass is 672 g/mol. The van der Waals surface area contributed by atoms with Crippen LogP contribution in [0.3, 0.4) is 0 Å². The minimum Gasteiger partial charge on any atom is -0.310 e. The molecule has 0 radical (unpaired) electrons. The third-order valence-corrected chi connectivity index (χ3v) is 8.82. The molecule has 204 valence electrons. The smallest absolute Gasteiger partial charge is 0.164 e. The average molecular weight is 674 g/mol. The van der Waals surface area contributed by atoms with Crippen LogP contribution in [0.2, 0.25) is 0 Å². The van der Waals surface area contributed by atoms with Crippen molar-refractivity contribution < 1.29 is 0 Å². The molecule has 0 spiro atoms. The fourth-order valence-electron chi connectivity index (χ4n) is 5.66. The summed E-state index contributed by atoms with van der Waals surface area (Å²) in [6, 6.07) is 41.7. The number of fused-ring (bicyclic) bond motifs is 2. The van der Waals surface area contributed by atoms with Crippen molar-refractivity contribution in [3.8, 4) is 34.2 Å². The molecule has 5 aromatic carbocycles. The molecule has 7 rings (SSSR count). The van der Waals surface area contributed by atoms with Crippen LogP contribution in [0.25, 0.3) is 34.2 Å². The van der Waals surface area contributed by atoms with Gasteiger partial charge in [-0.25, -0.2) is 15.0 Å². The van der Waals surface area contributed by atoms with Crippen LogP contribution in [0.1, 0.15) is 25.0 Å². The summed E-state index contributed by atoms with van der Waals surface area (Å²) in [7, 11) is 0. The van der Waals surface area contributed by atoms with Gasteiger partial charge in [0.25, 0.3) is 0 Å². The van der Waals surface area contributed by atoms with Gasteiger partial charge in [0, 0.05) is 36.7 Å². The molecule has 0 saturated heterocycles. The minimum atomic E-state index is -0.165. The first kappa shape index (κ1) is 26.7. The lowest BCUT2D eigenvalue weighted by Crippen LogP contribution is -2.30. The van der Waals surface area contributed by atoms with Crippen LogP contribution < -0.4 is 4.90 Å². The molecule has 0 aliphatic carbocycles. The zero-order chi connectivity index (χ0) is 28.8. The maximum absolute atomic E-state index is 4.91. The number of hydrogen-bond donors (Lipinski definition) is 0. The van der Waals surface area contributed by atoms with E-state index in [0.29, 0.717) is 17.5 Å². The summed E-state index contributed by atoms with van der Waals surface area (Å²) in [5.41, 5.74) is 8.62. The van der Waals surface area contributed by atoms with Crippen LogP contribution in [-0.4, -0.2) is 15.0 Å². The lowest BCUT2D eigenvalue weighted by molar-refractivity contribution is 0.631. The van der Waals surface area contributed by atoms with Crippen LogP contribution in [0, 0.1) is 0 Å². The quantitative estimate of drug-likeness (QED) is 0.187. The van der Waals surface area contributed by atoms with E-state index in [1.807, 2.05) is 60.7 Å². The maximum atomic E-state index is 4.91. The number of anilines is 3. The number of hydrogen-bond acceptors (Lipinski definition) is 4. The summed E-state index contributed by atoms with van der Waals surface area (Å²) in [4.78, 5) is 17.0. The van der Waals surface area contributed by atoms with Crippen molar-refractivity contribution in [1.29, 1.82) is 0 Å². The van der Waals surface area contributed by atoms with Gasteiger partial charge >= 0.3 is 0 Å². The topological polar surface area (TPSA) is 41.9 Å². The highest BCUT2D eigenvalue weighted by Gasteiger charge is 2.37. The van der Waals surface area contributed by atoms with Gasteiger partial charge in [0.15, 0.2) is 17.5 Å². The van der Waals surface area contributed by atoms with Crippen LogP contribution in [0.5, 0.6) is 0 Å². The number of nitrogens with zero attached hydrogens (tertiary/aromatic N) is 4. The molecule has 0 atom stereocenters. The molecule has 6 aromatic rings. The van der Waals surface area contributed by atoms with Crippen LogP contribution in [-0.2, 0) is 5.41 Å². The number of benzene rings is 5. The Morgan fingerprint density at radius 3 is 1.33 bits per heavy atom. The number of rotatable bonds is 4. The van der Waals surface area contributed by atoms with Gasteiger partial charge in [-0.05, 0) is 71.8 Å². The predicted octanol–water partition coefficient (Wildman–Crippen LogP) is 10.5. The molecule has 0 fully saturated rings. The van der Waals surface area contributed by atoms with E-state index in [2.05, 4.69) is 111 Å². The summed E-state index contributed by atoms with van der Waals surface area (Å²) in [5.74, 6) is 1.95. The van der Waals surface area contributed by atoms with Gasteiger partial charge in [-0.2, -0.15) is 0 Å². The van der Waals surface area contributed by atoms with Gasteiger partial charge in [0.1, 0.15) is 0 Å². The van der Waals surface area contributed by atoms with Crippen LogP contribution >= 0.6 is 31.9 Å². The highest BCUT2D eigenvalue weighted by Crippen LogP contribution is 2.53. The molecule has 1 aliphatic heterocycles. The van der Waals surface area contributed by atoms with Crippen LogP contribution in [0.4, 0.5) is 17.1 Å². The van der Waals surface area contributed by atoms with Crippen LogP contribution in [0.15, 0.2) is 130 Å². The Morgan fingerprint density at radius 2 is 0.905 bits per heavy atom. The average Bonchev–Trinajstić information content (AvgIpc) is 3.03. The van der Waals surface area contributed by atoms with Crippen molar-refractivity contribution in [1.82, 2.24) is 15.0 Å². The van der Waals surface area contributed by atoms with E-state index in [-0.39, 0.29) is 5.41 Å². The van der Waals surface area contributed by atoms with Gasteiger partial charge < -0.3 is 4.90 Å². The zero-order valence-electron chi connectivity index (χ0n) is 23.1. The highest BCUT2D eigenvalue weighted by molar-refractivity contribution is 9.10. The lowest BCUT2D eigenvalue weighted by atomic mass is 9.73. The Bertz CT molecular complexity index is 1810. The Labute approximate surface area is 262 Å². The van der Waals surface area contributed by atoms with Gasteiger partial charge in [-0.3, -0.25) is 0 Å². The van der Waals surface area contributed by atoms with Crippen molar-refractivity contribution >= 4 is 48.9 Å². The molecule has 0 saturated carbocycles. The highest BCUT2D eigenvalue weighted by atomic mass is 79.9. The Balaban J connectivity index is 1.35. The summed E-state index contributed by atoms with van der Waals surface area (Å²) in [6.07, 6.45) is 0. The van der Waals surface area contributed by atoms with E-state index in [1.165, 1.54) is 22.5 Å². The number of halogens is 2. The minimum absolute atomic E-state index is 0.165. The third-order valence-electron chi connectivity index (χ3n) is 7.83. The molecule has 0 amide bonds. The summed E-state index contributed by atoms with van der Waals surface area (Å²) in [6.45, 7) is 4.58. The van der Waals surface area contributed by atoms with E-state index >= 15 is 0 Å². The van der Waals surface area contributed by atoms with E-state index in [4.69, 9.17) is 15.0 Å². The molecule has 0 N–H and O–H groups in total. The van der Waals surface area contributed by atoms with E-state index in [0.717, 1.165) is 31.3 Å². The number of aromatic nitrogens is 3. The van der Waals surface area contributed by atoms with E-state index in [1.54, 1.807) is 0 Å². The molecule has 6 heteroatoms. The van der Waals surface area contributed by atoms with Gasteiger partial charge in [-0.15, -0.1) is 0 Å². The molecule has 2 heterocycles. The maximum Gasteiger partial charge on any atom is 0.164 e. The van der Waals surface area contributed by atoms with Crippen molar-refractivity contribution in [2.75, 3.05) is 4.90 Å². The van der Waals surface area contributed by atoms with Gasteiger partial charge in [0.05, 0.1) is 11.4 Å². The Hall–Kier alpha value is -4.13. The molecule has 0 unspecified atom stereocenters. The molecular weight excluding hydrogens is 648 g/mol. The van der Waals surface area contributed by atoms with Crippen molar-refractivity contribution in [3.63, 3.8) is 0 Å². The van der Waals surface area contributed by atoms with Gasteiger partial charge in [-0.1, -0.05) is 106 Å². The predicted molar refractivity (Wildman–Crippen MR) is 178 cm³/mol. The largest absolute Gasteiger partial charge is 0.310 e. The first-order chi connectivity index (χ1) is 20.4. The zero-order valence-corrected chi connectivity index (χ0v) is 26.3. The molecule has 42 heavy (non-hydrogen) atoms. The second kappa shape index (κ2) is 10.6. The first-order valence-corrected chi connectivity index (χ1v) is 15.3. The standard InChI is InChI=1S/C36H26Br2N4/c1-36(2)29-21-26(37)15-19-31(29)42(32-20-16-27(38)22-30(32)36)28-17-13-25(14-18-28)35-40-33(23-9-5-3-6-10-23)39-34(41-35)24-11-7-4-8-12-24/h3-22H,1-2H3. The fourth-order valence-corrected chi connectivity index (χ4v) is 6.38. The molecule has 4 nitrogen and oxygen atoms in total. The first-order valence-electron chi connectivity index (χ1n) is 13.8. The molecule has 0 bridgehead atoms. The summed E-state index contributed by atoms with van der Waals surface area (Å²) >= 11 is 7.41. The molecule has 1 aromatic heterocycles. The second-order valence-electron chi connectivity index (χ2n) is 10.9. The lowest BCUT2D eigenvalue weighted by Gasteiger charge is -2.42. The van der Waals surface area contributed by atoms with Crippen molar-refractivity contribution in [3.05, 3.63) is 141 Å². The summed E-state index contributed by atoms with van der Waals surface area (Å²) < 4.78 is 2.14. The van der Waals surface area contributed by atoms with Crippen molar-refractivity contribution in [2.24, 2.45) is 0 Å². The Kier molecular flexibility index (Phi) is 6.76. The molecule has 1 aliphatic rings. The van der Waals surface area contributed by atoms with Crippen molar-refractivity contribution in [2.45, 2.75) is 19.3 Å². The molecular formula is C36H26Br2N4. The van der Waals surface area contributed by atoms with E-state index in [9.17, 15) is 0 Å². The normalized spacial score (nSPS) is 13.4.